The first-order valence-corrected chi connectivity index (χ1v) is 8.14. The number of ether oxygens (including phenoxy) is 3. The van der Waals surface area contributed by atoms with E-state index in [1.165, 1.54) is 0 Å². The van der Waals surface area contributed by atoms with Crippen molar-refractivity contribution >= 4 is 5.91 Å². The van der Waals surface area contributed by atoms with E-state index in [4.69, 9.17) is 19.9 Å². The van der Waals surface area contributed by atoms with Crippen LogP contribution in [0.25, 0.3) is 0 Å². The van der Waals surface area contributed by atoms with Gasteiger partial charge in [-0.3, -0.25) is 4.79 Å². The second kappa shape index (κ2) is 6.66. The molecule has 0 aliphatic carbocycles. The highest BCUT2D eigenvalue weighted by molar-refractivity contribution is 5.96. The number of benzene rings is 1. The summed E-state index contributed by atoms with van der Waals surface area (Å²) < 4.78 is 16.6. The third-order valence-electron chi connectivity index (χ3n) is 4.69. The normalized spacial score (nSPS) is 23.5. The second-order valence-corrected chi connectivity index (χ2v) is 6.12. The van der Waals surface area contributed by atoms with E-state index >= 15 is 0 Å². The van der Waals surface area contributed by atoms with Gasteiger partial charge in [0.25, 0.3) is 5.91 Å². The molecule has 6 nitrogen and oxygen atoms in total. The van der Waals surface area contributed by atoms with Gasteiger partial charge >= 0.3 is 0 Å². The number of hydrogen-bond donors (Lipinski definition) is 1. The number of likely N-dealkylation sites (tertiary alicyclic amines) is 1. The highest BCUT2D eigenvalue weighted by Crippen LogP contribution is 2.41. The topological polar surface area (TPSA) is 74.0 Å². The van der Waals surface area contributed by atoms with E-state index in [2.05, 4.69) is 6.92 Å². The number of amides is 1. The zero-order valence-electron chi connectivity index (χ0n) is 13.7. The SMILES string of the molecule is COc1cc(C(=O)N2CCC[C@@H](C)[C@H]2CN)cc2c1OCCO2. The van der Waals surface area contributed by atoms with Gasteiger partial charge in [-0.25, -0.2) is 0 Å². The summed E-state index contributed by atoms with van der Waals surface area (Å²) in [6.45, 7) is 4.33. The van der Waals surface area contributed by atoms with Crippen LogP contribution in [0.5, 0.6) is 17.2 Å². The Hall–Kier alpha value is -1.95. The molecule has 2 atom stereocenters. The summed E-state index contributed by atoms with van der Waals surface area (Å²) in [6, 6.07) is 3.55. The number of piperidine rings is 1. The van der Waals surface area contributed by atoms with Crippen molar-refractivity contribution in [3.05, 3.63) is 17.7 Å². The molecule has 0 unspecified atom stereocenters. The van der Waals surface area contributed by atoms with E-state index in [0.29, 0.717) is 48.5 Å². The lowest BCUT2D eigenvalue weighted by Crippen LogP contribution is -2.51. The van der Waals surface area contributed by atoms with Gasteiger partial charge in [0.2, 0.25) is 5.75 Å². The van der Waals surface area contributed by atoms with E-state index in [-0.39, 0.29) is 11.9 Å². The van der Waals surface area contributed by atoms with Crippen molar-refractivity contribution in [1.29, 1.82) is 0 Å². The van der Waals surface area contributed by atoms with Crippen molar-refractivity contribution in [3.63, 3.8) is 0 Å². The van der Waals surface area contributed by atoms with Gasteiger partial charge in [-0.05, 0) is 30.9 Å². The molecule has 2 heterocycles. The van der Waals surface area contributed by atoms with Crippen LogP contribution in [0.2, 0.25) is 0 Å². The molecular weight excluding hydrogens is 296 g/mol. The monoisotopic (exact) mass is 320 g/mol. The molecule has 2 aliphatic heterocycles. The number of fused-ring (bicyclic) bond motifs is 1. The van der Waals surface area contributed by atoms with Crippen molar-refractivity contribution in [1.82, 2.24) is 4.90 Å². The maximum Gasteiger partial charge on any atom is 0.254 e. The van der Waals surface area contributed by atoms with E-state index in [1.807, 2.05) is 4.90 Å². The Morgan fingerprint density at radius 2 is 2.17 bits per heavy atom. The summed E-state index contributed by atoms with van der Waals surface area (Å²) in [5.41, 5.74) is 6.46. The maximum atomic E-state index is 13.0. The van der Waals surface area contributed by atoms with Crippen molar-refractivity contribution in [3.8, 4) is 17.2 Å². The fraction of sp³-hybridized carbons (Fsp3) is 0.588. The Morgan fingerprint density at radius 1 is 1.39 bits per heavy atom. The van der Waals surface area contributed by atoms with Crippen LogP contribution in [0, 0.1) is 5.92 Å². The summed E-state index contributed by atoms with van der Waals surface area (Å²) in [6.07, 6.45) is 2.11. The molecule has 1 fully saturated rings. The van der Waals surface area contributed by atoms with Crippen molar-refractivity contribution in [2.75, 3.05) is 33.4 Å². The largest absolute Gasteiger partial charge is 0.493 e. The number of methoxy groups -OCH3 is 1. The first-order chi connectivity index (χ1) is 11.2. The summed E-state index contributed by atoms with van der Waals surface area (Å²) in [5.74, 6) is 2.05. The van der Waals surface area contributed by atoms with E-state index in [9.17, 15) is 4.79 Å². The van der Waals surface area contributed by atoms with Gasteiger partial charge in [0.15, 0.2) is 11.5 Å². The zero-order valence-corrected chi connectivity index (χ0v) is 13.7. The molecule has 0 radical (unpaired) electrons. The molecule has 0 saturated carbocycles. The molecular formula is C17H24N2O4. The van der Waals surface area contributed by atoms with Crippen molar-refractivity contribution < 1.29 is 19.0 Å². The Bertz CT molecular complexity index is 573. The first kappa shape index (κ1) is 15.9. The Morgan fingerprint density at radius 3 is 2.91 bits per heavy atom. The molecule has 1 amide bonds. The average molecular weight is 320 g/mol. The molecule has 1 aromatic carbocycles. The fourth-order valence-electron chi connectivity index (χ4n) is 3.42. The summed E-state index contributed by atoms with van der Waals surface area (Å²) in [4.78, 5) is 14.9. The lowest BCUT2D eigenvalue weighted by atomic mass is 9.90. The van der Waals surface area contributed by atoms with Crippen LogP contribution in [0.1, 0.15) is 30.1 Å². The molecule has 2 aliphatic rings. The second-order valence-electron chi connectivity index (χ2n) is 6.12. The standard InChI is InChI=1S/C17H24N2O4/c1-11-4-3-5-19(13(11)10-18)17(20)12-8-14(21-2)16-15(9-12)22-6-7-23-16/h8-9,11,13H,3-7,10,18H2,1-2H3/t11-,13-/m1/s1. The van der Waals surface area contributed by atoms with Gasteiger partial charge in [0.1, 0.15) is 13.2 Å². The lowest BCUT2D eigenvalue weighted by molar-refractivity contribution is 0.0531. The van der Waals surface area contributed by atoms with Crippen LogP contribution in [-0.2, 0) is 0 Å². The molecule has 1 aromatic rings. The number of carbonyl (C=O) groups excluding carboxylic acids is 1. The number of hydrogen-bond acceptors (Lipinski definition) is 5. The van der Waals surface area contributed by atoms with E-state index in [0.717, 1.165) is 19.4 Å². The summed E-state index contributed by atoms with van der Waals surface area (Å²) in [5, 5.41) is 0. The molecule has 126 valence electrons. The minimum atomic E-state index is -0.0257. The van der Waals surface area contributed by atoms with Crippen LogP contribution in [0.3, 0.4) is 0 Å². The van der Waals surface area contributed by atoms with Crippen LogP contribution >= 0.6 is 0 Å². The number of rotatable bonds is 3. The highest BCUT2D eigenvalue weighted by Gasteiger charge is 2.32. The minimum absolute atomic E-state index is 0.0257. The van der Waals surface area contributed by atoms with Gasteiger partial charge in [-0.15, -0.1) is 0 Å². The fourth-order valence-corrected chi connectivity index (χ4v) is 3.42. The number of nitrogens with zero attached hydrogens (tertiary/aromatic N) is 1. The summed E-state index contributed by atoms with van der Waals surface area (Å²) in [7, 11) is 1.56. The van der Waals surface area contributed by atoms with Crippen molar-refractivity contribution in [2.24, 2.45) is 11.7 Å². The van der Waals surface area contributed by atoms with E-state index in [1.54, 1.807) is 19.2 Å². The van der Waals surface area contributed by atoms with Crippen molar-refractivity contribution in [2.45, 2.75) is 25.8 Å². The minimum Gasteiger partial charge on any atom is -0.493 e. The van der Waals surface area contributed by atoms with Crippen LogP contribution in [0.4, 0.5) is 0 Å². The molecule has 1 saturated heterocycles. The smallest absolute Gasteiger partial charge is 0.254 e. The van der Waals surface area contributed by atoms with Gasteiger partial charge in [-0.2, -0.15) is 0 Å². The quantitative estimate of drug-likeness (QED) is 0.917. The third kappa shape index (κ3) is 2.95. The maximum absolute atomic E-state index is 13.0. The average Bonchev–Trinajstić information content (AvgIpc) is 2.59. The third-order valence-corrected chi connectivity index (χ3v) is 4.69. The number of nitrogens with two attached hydrogens (primary N) is 1. The highest BCUT2D eigenvalue weighted by atomic mass is 16.6. The first-order valence-electron chi connectivity index (χ1n) is 8.14. The summed E-state index contributed by atoms with van der Waals surface area (Å²) >= 11 is 0. The van der Waals surface area contributed by atoms with Crippen LogP contribution in [-0.4, -0.2) is 50.3 Å². The molecule has 0 bridgehead atoms. The molecule has 0 aromatic heterocycles. The Balaban J connectivity index is 1.92. The molecule has 2 N–H and O–H groups in total. The van der Waals surface area contributed by atoms with Gasteiger partial charge in [0.05, 0.1) is 7.11 Å². The van der Waals surface area contributed by atoms with E-state index < -0.39 is 0 Å². The molecule has 23 heavy (non-hydrogen) atoms. The Labute approximate surface area is 136 Å². The number of carbonyl (C=O) groups is 1. The van der Waals surface area contributed by atoms with Crippen LogP contribution < -0.4 is 19.9 Å². The van der Waals surface area contributed by atoms with Gasteiger partial charge in [-0.1, -0.05) is 6.92 Å². The molecule has 0 spiro atoms. The molecule has 6 heteroatoms. The van der Waals surface area contributed by atoms with Crippen LogP contribution in [0.15, 0.2) is 12.1 Å². The Kier molecular flexibility index (Phi) is 4.61. The predicted molar refractivity (Wildman–Crippen MR) is 86.3 cm³/mol. The zero-order chi connectivity index (χ0) is 16.4. The molecule has 3 rings (SSSR count). The van der Waals surface area contributed by atoms with Gasteiger partial charge in [0, 0.05) is 24.7 Å². The predicted octanol–water partition coefficient (Wildman–Crippen LogP) is 1.67. The lowest BCUT2D eigenvalue weighted by Gasteiger charge is -2.39. The van der Waals surface area contributed by atoms with Gasteiger partial charge < -0.3 is 24.8 Å².